The van der Waals surface area contributed by atoms with Crippen molar-refractivity contribution in [3.63, 3.8) is 0 Å². The second-order valence-electron chi connectivity index (χ2n) is 4.27. The first kappa shape index (κ1) is 17.4. The fraction of sp³-hybridized carbons (Fsp3) is 0.357. The number of nitrogens with one attached hydrogen (secondary N) is 2. The van der Waals surface area contributed by atoms with Crippen LogP contribution in [0.4, 0.5) is 0 Å². The Hall–Kier alpha value is -1.70. The number of carbonyl (C=O) groups excluding carboxylic acids is 1. The Morgan fingerprint density at radius 2 is 2.19 bits per heavy atom. The van der Waals surface area contributed by atoms with Gasteiger partial charge in [-0.25, -0.2) is 13.1 Å². The zero-order chi connectivity index (χ0) is 15.7. The Morgan fingerprint density at radius 3 is 2.86 bits per heavy atom. The van der Waals surface area contributed by atoms with Crippen molar-refractivity contribution in [1.82, 2.24) is 10.0 Å². The molecule has 0 aliphatic rings. The number of benzene rings is 1. The van der Waals surface area contributed by atoms with E-state index in [1.54, 1.807) is 13.2 Å². The molecule has 0 aliphatic carbocycles. The van der Waals surface area contributed by atoms with E-state index in [9.17, 15) is 13.2 Å². The van der Waals surface area contributed by atoms with Gasteiger partial charge in [0.25, 0.3) is 5.91 Å². The first-order valence-electron chi connectivity index (χ1n) is 6.49. The molecule has 0 atom stereocenters. The number of ether oxygens (including phenoxy) is 1. The Labute approximate surface area is 125 Å². The van der Waals surface area contributed by atoms with Gasteiger partial charge in [0.2, 0.25) is 10.0 Å². The van der Waals surface area contributed by atoms with Crippen LogP contribution in [0.25, 0.3) is 0 Å². The third-order valence-corrected chi connectivity index (χ3v) is 4.06. The number of methoxy groups -OCH3 is 1. The number of rotatable bonds is 9. The molecule has 0 radical (unpaired) electrons. The first-order chi connectivity index (χ1) is 10.0. The van der Waals surface area contributed by atoms with Crippen molar-refractivity contribution in [3.8, 4) is 0 Å². The molecule has 6 nitrogen and oxygen atoms in total. The molecule has 0 unspecified atom stereocenters. The molecule has 7 heteroatoms. The van der Waals surface area contributed by atoms with E-state index in [0.29, 0.717) is 25.1 Å². The van der Waals surface area contributed by atoms with E-state index in [2.05, 4.69) is 16.6 Å². The highest BCUT2D eigenvalue weighted by molar-refractivity contribution is 7.89. The van der Waals surface area contributed by atoms with Crippen LogP contribution in [0.2, 0.25) is 0 Å². The summed E-state index contributed by atoms with van der Waals surface area (Å²) in [5.41, 5.74) is 0.300. The molecule has 0 aromatic heterocycles. The fourth-order valence-corrected chi connectivity index (χ4v) is 2.62. The van der Waals surface area contributed by atoms with Crippen LogP contribution in [0, 0.1) is 0 Å². The molecule has 0 saturated carbocycles. The van der Waals surface area contributed by atoms with Gasteiger partial charge in [-0.3, -0.25) is 4.79 Å². The molecule has 0 saturated heterocycles. The van der Waals surface area contributed by atoms with Crippen molar-refractivity contribution in [1.29, 1.82) is 0 Å². The van der Waals surface area contributed by atoms with E-state index in [1.165, 1.54) is 24.3 Å². The molecule has 2 N–H and O–H groups in total. The van der Waals surface area contributed by atoms with Crippen molar-refractivity contribution in [3.05, 3.63) is 42.5 Å². The van der Waals surface area contributed by atoms with Crippen molar-refractivity contribution in [2.24, 2.45) is 0 Å². The topological polar surface area (TPSA) is 84.5 Å². The number of hydrogen-bond donors (Lipinski definition) is 2. The summed E-state index contributed by atoms with van der Waals surface area (Å²) in [7, 11) is -2.04. The van der Waals surface area contributed by atoms with Gasteiger partial charge in [0, 0.05) is 32.4 Å². The molecule has 1 aromatic rings. The lowest BCUT2D eigenvalue weighted by Crippen LogP contribution is -2.26. The molecular weight excluding hydrogens is 292 g/mol. The third-order valence-electron chi connectivity index (χ3n) is 2.64. The lowest BCUT2D eigenvalue weighted by molar-refractivity contribution is 0.0948. The Morgan fingerprint density at radius 1 is 1.43 bits per heavy atom. The van der Waals surface area contributed by atoms with Crippen LogP contribution in [0.1, 0.15) is 16.8 Å². The highest BCUT2D eigenvalue weighted by Gasteiger charge is 2.15. The molecule has 1 amide bonds. The maximum atomic E-state index is 12.0. The van der Waals surface area contributed by atoms with Gasteiger partial charge < -0.3 is 10.1 Å². The minimum absolute atomic E-state index is 0.0499. The zero-order valence-corrected chi connectivity index (χ0v) is 12.8. The molecule has 0 aliphatic heterocycles. The van der Waals surface area contributed by atoms with Gasteiger partial charge in [-0.15, -0.1) is 6.58 Å². The maximum Gasteiger partial charge on any atom is 0.251 e. The molecule has 0 heterocycles. The summed E-state index contributed by atoms with van der Waals surface area (Å²) < 4.78 is 31.2. The van der Waals surface area contributed by atoms with Crippen LogP contribution in [-0.2, 0) is 14.8 Å². The van der Waals surface area contributed by atoms with E-state index in [0.717, 1.165) is 0 Å². The van der Waals surface area contributed by atoms with Crippen molar-refractivity contribution < 1.29 is 17.9 Å². The lowest BCUT2D eigenvalue weighted by atomic mass is 10.2. The number of amides is 1. The smallest absolute Gasteiger partial charge is 0.251 e. The monoisotopic (exact) mass is 312 g/mol. The molecule has 21 heavy (non-hydrogen) atoms. The van der Waals surface area contributed by atoms with Crippen LogP contribution in [0.5, 0.6) is 0 Å². The molecular formula is C14H20N2O4S. The standard InChI is InChI=1S/C14H20N2O4S/c1-3-8-16-21(18,19)13-7-4-6-12(11-13)14(17)15-9-5-10-20-2/h3-4,6-7,11,16H,1,5,8-10H2,2H3,(H,15,17). The summed E-state index contributed by atoms with van der Waals surface area (Å²) >= 11 is 0. The normalized spacial score (nSPS) is 11.1. The predicted octanol–water partition coefficient (Wildman–Crippen LogP) is 0.917. The van der Waals surface area contributed by atoms with Crippen LogP contribution in [0.3, 0.4) is 0 Å². The van der Waals surface area contributed by atoms with E-state index in [1.807, 2.05) is 0 Å². The second-order valence-corrected chi connectivity index (χ2v) is 6.04. The Balaban J connectivity index is 2.76. The van der Waals surface area contributed by atoms with Crippen LogP contribution in [-0.4, -0.2) is 41.1 Å². The summed E-state index contributed by atoms with van der Waals surface area (Å²) in [6.45, 7) is 4.61. The summed E-state index contributed by atoms with van der Waals surface area (Å²) in [5, 5.41) is 2.71. The second kappa shape index (κ2) is 8.56. The van der Waals surface area contributed by atoms with Crippen LogP contribution >= 0.6 is 0 Å². The Bertz CT molecular complexity index is 584. The number of hydrogen-bond acceptors (Lipinski definition) is 4. The van der Waals surface area contributed by atoms with Crippen LogP contribution < -0.4 is 10.0 Å². The summed E-state index contributed by atoms with van der Waals surface area (Å²) in [5.74, 6) is -0.313. The van der Waals surface area contributed by atoms with E-state index < -0.39 is 10.0 Å². The molecule has 1 aromatic carbocycles. The van der Waals surface area contributed by atoms with Crippen molar-refractivity contribution in [2.45, 2.75) is 11.3 Å². The van der Waals surface area contributed by atoms with E-state index >= 15 is 0 Å². The number of carbonyl (C=O) groups is 1. The fourth-order valence-electron chi connectivity index (χ4n) is 1.58. The molecule has 0 spiro atoms. The van der Waals surface area contributed by atoms with Gasteiger partial charge in [-0.05, 0) is 24.6 Å². The van der Waals surface area contributed by atoms with E-state index in [4.69, 9.17) is 4.74 Å². The third kappa shape index (κ3) is 5.66. The molecule has 0 fully saturated rings. The number of sulfonamides is 1. The van der Waals surface area contributed by atoms with Gasteiger partial charge >= 0.3 is 0 Å². The van der Waals surface area contributed by atoms with Gasteiger partial charge in [0.15, 0.2) is 0 Å². The highest BCUT2D eigenvalue weighted by Crippen LogP contribution is 2.11. The minimum atomic E-state index is -3.63. The summed E-state index contributed by atoms with van der Waals surface area (Å²) in [6.07, 6.45) is 2.14. The molecule has 0 bridgehead atoms. The van der Waals surface area contributed by atoms with Crippen LogP contribution in [0.15, 0.2) is 41.8 Å². The van der Waals surface area contributed by atoms with Gasteiger partial charge in [0.1, 0.15) is 0 Å². The van der Waals surface area contributed by atoms with Gasteiger partial charge in [-0.1, -0.05) is 12.1 Å². The van der Waals surface area contributed by atoms with Crippen molar-refractivity contribution in [2.75, 3.05) is 26.8 Å². The van der Waals surface area contributed by atoms with Gasteiger partial charge in [0.05, 0.1) is 4.90 Å². The van der Waals surface area contributed by atoms with Crippen molar-refractivity contribution >= 4 is 15.9 Å². The predicted molar refractivity (Wildman–Crippen MR) is 80.7 cm³/mol. The highest BCUT2D eigenvalue weighted by atomic mass is 32.2. The lowest BCUT2D eigenvalue weighted by Gasteiger charge is -2.08. The Kier molecular flexibility index (Phi) is 7.07. The summed E-state index contributed by atoms with van der Waals surface area (Å²) in [6, 6.07) is 5.88. The quantitative estimate of drug-likeness (QED) is 0.524. The molecule has 116 valence electrons. The van der Waals surface area contributed by atoms with E-state index in [-0.39, 0.29) is 17.3 Å². The largest absolute Gasteiger partial charge is 0.385 e. The van der Waals surface area contributed by atoms with Gasteiger partial charge in [-0.2, -0.15) is 0 Å². The SMILES string of the molecule is C=CCNS(=O)(=O)c1cccc(C(=O)NCCCOC)c1. The molecule has 1 rings (SSSR count). The average molecular weight is 312 g/mol. The minimum Gasteiger partial charge on any atom is -0.385 e. The average Bonchev–Trinajstić information content (AvgIpc) is 2.49. The zero-order valence-electron chi connectivity index (χ0n) is 12.0. The maximum absolute atomic E-state index is 12.0. The first-order valence-corrected chi connectivity index (χ1v) is 7.97. The summed E-state index contributed by atoms with van der Waals surface area (Å²) in [4.78, 5) is 12.0.